The molecular formula is C36H45N5O9S. The molecule has 7 rings (SSSR count). The summed E-state index contributed by atoms with van der Waals surface area (Å²) in [5, 5.41) is 3.03. The van der Waals surface area contributed by atoms with Gasteiger partial charge in [-0.05, 0) is 64.5 Å². The van der Waals surface area contributed by atoms with Gasteiger partial charge < -0.3 is 29.2 Å². The van der Waals surface area contributed by atoms with Gasteiger partial charge in [0, 0.05) is 42.9 Å². The average Bonchev–Trinajstić information content (AvgIpc) is 3.99. The van der Waals surface area contributed by atoms with Gasteiger partial charge in [-0.1, -0.05) is 12.2 Å². The van der Waals surface area contributed by atoms with Crippen LogP contribution in [0, 0.1) is 12.8 Å². The van der Waals surface area contributed by atoms with Crippen LogP contribution in [-0.4, -0.2) is 97.8 Å². The van der Waals surface area contributed by atoms with Gasteiger partial charge in [0.1, 0.15) is 47.9 Å². The van der Waals surface area contributed by atoms with Gasteiger partial charge in [0.2, 0.25) is 15.9 Å². The number of amides is 3. The minimum Gasteiger partial charge on any atom is -0.496 e. The Balaban J connectivity index is 1.20. The molecule has 2 saturated carbocycles. The van der Waals surface area contributed by atoms with Crippen molar-refractivity contribution in [3.63, 3.8) is 0 Å². The Kier molecular flexibility index (Phi) is 9.46. The first-order valence-corrected chi connectivity index (χ1v) is 19.2. The molecular weight excluding hydrogens is 678 g/mol. The molecule has 2 aromatic rings. The molecule has 15 heteroatoms. The van der Waals surface area contributed by atoms with Crippen molar-refractivity contribution in [1.82, 2.24) is 19.9 Å². The van der Waals surface area contributed by atoms with Gasteiger partial charge in [0.15, 0.2) is 5.90 Å². The molecule has 3 aliphatic heterocycles. The number of nitrogens with one attached hydrogen (secondary N) is 2. The number of carbonyl (C=O) groups excluding carboxylic acids is 3. The van der Waals surface area contributed by atoms with Crippen LogP contribution in [0.2, 0.25) is 0 Å². The highest BCUT2D eigenvalue weighted by atomic mass is 32.2. The molecule has 51 heavy (non-hydrogen) atoms. The number of aliphatic imine (C=N–C) groups is 1. The number of pyridine rings is 1. The Labute approximate surface area is 297 Å². The van der Waals surface area contributed by atoms with Crippen molar-refractivity contribution in [2.75, 3.05) is 26.9 Å². The number of sulfonamides is 1. The highest BCUT2D eigenvalue weighted by Gasteiger charge is 2.62. The Morgan fingerprint density at radius 2 is 1.96 bits per heavy atom. The molecule has 6 atom stereocenters. The second-order valence-electron chi connectivity index (χ2n) is 14.2. The van der Waals surface area contributed by atoms with Crippen molar-refractivity contribution in [3.05, 3.63) is 41.6 Å². The molecule has 1 unspecified atom stereocenters. The van der Waals surface area contributed by atoms with Crippen LogP contribution in [0.15, 0.2) is 35.3 Å². The zero-order chi connectivity index (χ0) is 36.1. The van der Waals surface area contributed by atoms with Crippen LogP contribution in [-0.2, 0) is 33.9 Å². The lowest BCUT2D eigenvalue weighted by molar-refractivity contribution is -0.147. The van der Waals surface area contributed by atoms with Gasteiger partial charge >= 0.3 is 0 Å². The summed E-state index contributed by atoms with van der Waals surface area (Å²) in [6, 6.07) is 4.20. The highest BCUT2D eigenvalue weighted by molar-refractivity contribution is 7.91. The number of hydrogen-bond acceptors (Lipinski definition) is 11. The molecule has 4 heterocycles. The quantitative estimate of drug-likeness (QED) is 0.404. The standard InChI is InChI=1S/C36H45N5O9S/c1-20-30(47-4)13-12-26-31(16-27(38-32(20)26)28-19-49-22(3)37-28)50-24-15-29-33(42)39-36(35(44)40-51(45,46)25-10-11-25)17-23(36)9-7-5-6-8-14-48-21(2)34(43)41(29)18-24/h7,9,12-13,16,21,23-25,28-29H,5-6,8,10-11,14-15,17-19H2,1-4H3,(H,39,42)(H,40,44)/b9-7-/t21-,23-,24-,28?,29+,36-/m1/s1. The second kappa shape index (κ2) is 13.7. The number of methoxy groups -OCH3 is 1. The van der Waals surface area contributed by atoms with E-state index in [0.29, 0.717) is 54.7 Å². The smallest absolute Gasteiger partial charge is 0.259 e. The number of allylic oxidation sites excluding steroid dienone is 1. The number of rotatable bonds is 7. The zero-order valence-electron chi connectivity index (χ0n) is 29.3. The molecule has 1 aromatic carbocycles. The van der Waals surface area contributed by atoms with Crippen molar-refractivity contribution < 1.29 is 41.7 Å². The molecule has 2 N–H and O–H groups in total. The predicted molar refractivity (Wildman–Crippen MR) is 187 cm³/mol. The fourth-order valence-corrected chi connectivity index (χ4v) is 8.61. The molecule has 1 aromatic heterocycles. The normalized spacial score (nSPS) is 30.5. The monoisotopic (exact) mass is 723 g/mol. The second-order valence-corrected chi connectivity index (χ2v) is 16.1. The van der Waals surface area contributed by atoms with Crippen molar-refractivity contribution >= 4 is 44.5 Å². The maximum atomic E-state index is 14.2. The van der Waals surface area contributed by atoms with E-state index < -0.39 is 50.9 Å². The van der Waals surface area contributed by atoms with Crippen LogP contribution in [0.1, 0.15) is 76.1 Å². The molecule has 0 bridgehead atoms. The largest absolute Gasteiger partial charge is 0.496 e. The van der Waals surface area contributed by atoms with Gasteiger partial charge in [0.05, 0.1) is 30.1 Å². The van der Waals surface area contributed by atoms with E-state index in [1.54, 1.807) is 21.0 Å². The molecule has 14 nitrogen and oxygen atoms in total. The first-order chi connectivity index (χ1) is 24.4. The number of nitrogens with zero attached hydrogens (tertiary/aromatic N) is 3. The van der Waals surface area contributed by atoms with Gasteiger partial charge in [-0.25, -0.2) is 18.4 Å². The number of carbonyl (C=O) groups is 3. The minimum absolute atomic E-state index is 0.0846. The number of aryl methyl sites for hydroxylation is 1. The van der Waals surface area contributed by atoms with E-state index in [2.05, 4.69) is 15.0 Å². The minimum atomic E-state index is -3.85. The van der Waals surface area contributed by atoms with Crippen LogP contribution in [0.3, 0.4) is 0 Å². The van der Waals surface area contributed by atoms with E-state index in [0.717, 1.165) is 30.2 Å². The third-order valence-corrected chi connectivity index (χ3v) is 12.3. The van der Waals surface area contributed by atoms with Crippen LogP contribution in [0.25, 0.3) is 10.9 Å². The van der Waals surface area contributed by atoms with Crippen LogP contribution >= 0.6 is 0 Å². The Bertz CT molecular complexity index is 1910. The number of fused-ring (bicyclic) bond motifs is 3. The summed E-state index contributed by atoms with van der Waals surface area (Å²) in [6.45, 7) is 6.18. The summed E-state index contributed by atoms with van der Waals surface area (Å²) in [5.74, 6) is -0.319. The van der Waals surface area contributed by atoms with E-state index in [1.165, 1.54) is 4.90 Å². The number of benzene rings is 1. The van der Waals surface area contributed by atoms with Crippen molar-refractivity contribution in [2.24, 2.45) is 10.9 Å². The predicted octanol–water partition coefficient (Wildman–Crippen LogP) is 3.02. The summed E-state index contributed by atoms with van der Waals surface area (Å²) in [6.07, 6.45) is 6.02. The van der Waals surface area contributed by atoms with Crippen LogP contribution < -0.4 is 19.5 Å². The maximum Gasteiger partial charge on any atom is 0.259 e. The van der Waals surface area contributed by atoms with E-state index >= 15 is 0 Å². The lowest BCUT2D eigenvalue weighted by Crippen LogP contribution is -2.57. The molecule has 3 amide bonds. The van der Waals surface area contributed by atoms with Gasteiger partial charge in [-0.2, -0.15) is 0 Å². The molecule has 0 radical (unpaired) electrons. The number of ether oxygens (including phenoxy) is 4. The van der Waals surface area contributed by atoms with Gasteiger partial charge in [-0.15, -0.1) is 0 Å². The summed E-state index contributed by atoms with van der Waals surface area (Å²) in [5.41, 5.74) is 0.699. The highest BCUT2D eigenvalue weighted by Crippen LogP contribution is 2.46. The van der Waals surface area contributed by atoms with E-state index in [9.17, 15) is 22.8 Å². The van der Waals surface area contributed by atoms with E-state index in [1.807, 2.05) is 37.3 Å². The molecule has 5 aliphatic rings. The Hall–Kier alpha value is -4.24. The molecule has 3 fully saturated rings. The first-order valence-electron chi connectivity index (χ1n) is 17.7. The molecule has 0 spiro atoms. The van der Waals surface area contributed by atoms with Crippen LogP contribution in [0.4, 0.5) is 0 Å². The summed E-state index contributed by atoms with van der Waals surface area (Å²) in [4.78, 5) is 52.7. The van der Waals surface area contributed by atoms with Crippen molar-refractivity contribution in [1.29, 1.82) is 0 Å². The van der Waals surface area contributed by atoms with Crippen molar-refractivity contribution in [2.45, 2.75) is 101 Å². The summed E-state index contributed by atoms with van der Waals surface area (Å²) >= 11 is 0. The SMILES string of the molecule is COc1ccc2c(O[C@@H]3C[C@H]4C(=O)N[C@]5(C(=O)NS(=O)(=O)C6CC6)C[C@H]5/C=C\CCCCO[C@H](C)C(=O)N4C3)cc(C3COC(C)=N3)nc2c1C. The maximum absolute atomic E-state index is 14.2. The number of hydrogen-bond donors (Lipinski definition) is 2. The topological polar surface area (TPSA) is 175 Å². The van der Waals surface area contributed by atoms with E-state index in [-0.39, 0.29) is 37.3 Å². The van der Waals surface area contributed by atoms with Crippen molar-refractivity contribution in [3.8, 4) is 11.5 Å². The molecule has 2 aliphatic carbocycles. The number of aromatic nitrogens is 1. The Morgan fingerprint density at radius 1 is 1.16 bits per heavy atom. The fraction of sp³-hybridized carbons (Fsp3) is 0.583. The third kappa shape index (κ3) is 7.02. The average molecular weight is 724 g/mol. The Morgan fingerprint density at radius 3 is 2.69 bits per heavy atom. The van der Waals surface area contributed by atoms with Crippen LogP contribution in [0.5, 0.6) is 11.5 Å². The third-order valence-electron chi connectivity index (χ3n) is 10.5. The van der Waals surface area contributed by atoms with Gasteiger partial charge in [-0.3, -0.25) is 19.1 Å². The summed E-state index contributed by atoms with van der Waals surface area (Å²) < 4.78 is 51.5. The first kappa shape index (κ1) is 35.2. The fourth-order valence-electron chi connectivity index (χ4n) is 7.24. The lowest BCUT2D eigenvalue weighted by atomic mass is 10.1. The lowest BCUT2D eigenvalue weighted by Gasteiger charge is -2.28. The molecule has 274 valence electrons. The summed E-state index contributed by atoms with van der Waals surface area (Å²) in [7, 11) is -2.25. The van der Waals surface area contributed by atoms with E-state index in [4.69, 9.17) is 23.9 Å². The molecule has 1 saturated heterocycles. The van der Waals surface area contributed by atoms with Gasteiger partial charge in [0.25, 0.3) is 11.8 Å². The zero-order valence-corrected chi connectivity index (χ0v) is 30.2.